The number of piperidine rings is 1. The third kappa shape index (κ3) is 5.02. The lowest BCUT2D eigenvalue weighted by molar-refractivity contribution is 0.0600. The van der Waals surface area contributed by atoms with Crippen molar-refractivity contribution in [3.8, 4) is 17.2 Å². The largest absolute Gasteiger partial charge is 0.490 e. The number of ether oxygens (including phenoxy) is 2. The highest BCUT2D eigenvalue weighted by Crippen LogP contribution is 2.22. The molecule has 0 aliphatic carbocycles. The van der Waals surface area contributed by atoms with E-state index in [1.807, 2.05) is 0 Å². The summed E-state index contributed by atoms with van der Waals surface area (Å²) in [5.74, 6) is 0.0691. The Balaban J connectivity index is 1.26. The van der Waals surface area contributed by atoms with E-state index >= 15 is 0 Å². The average Bonchev–Trinajstić information content (AvgIpc) is 3.28. The number of nitrogens with zero attached hydrogens (tertiary/aromatic N) is 3. The zero-order valence-electron chi connectivity index (χ0n) is 17.3. The second-order valence-corrected chi connectivity index (χ2v) is 7.17. The van der Waals surface area contributed by atoms with Crippen LogP contribution in [0.3, 0.4) is 0 Å². The number of nitrogens with one attached hydrogen (secondary N) is 1. The van der Waals surface area contributed by atoms with Gasteiger partial charge in [0, 0.05) is 31.5 Å². The van der Waals surface area contributed by atoms with Crippen LogP contribution in [-0.4, -0.2) is 53.4 Å². The van der Waals surface area contributed by atoms with Gasteiger partial charge in [-0.25, -0.2) is 14.0 Å². The molecule has 0 atom stereocenters. The number of rotatable bonds is 5. The van der Waals surface area contributed by atoms with Gasteiger partial charge >= 0.3 is 18.0 Å². The third-order valence-corrected chi connectivity index (χ3v) is 5.04. The van der Waals surface area contributed by atoms with E-state index in [0.717, 1.165) is 0 Å². The van der Waals surface area contributed by atoms with E-state index in [-0.39, 0.29) is 29.9 Å². The molecular formula is C22H21FN4O5. The number of hydrogen-bond donors (Lipinski definition) is 1. The minimum atomic E-state index is -0.401. The smallest absolute Gasteiger partial charge is 0.337 e. The van der Waals surface area contributed by atoms with E-state index < -0.39 is 5.97 Å². The van der Waals surface area contributed by atoms with Gasteiger partial charge in [0.15, 0.2) is 0 Å². The van der Waals surface area contributed by atoms with Crippen molar-refractivity contribution < 1.29 is 27.9 Å². The van der Waals surface area contributed by atoms with Gasteiger partial charge in [-0.1, -0.05) is 5.10 Å². The van der Waals surface area contributed by atoms with Crippen LogP contribution in [0.25, 0.3) is 11.5 Å². The summed E-state index contributed by atoms with van der Waals surface area (Å²) in [6.07, 6.45) is 1.25. The number of anilines is 1. The topological polar surface area (TPSA) is 107 Å². The molecule has 0 saturated carbocycles. The van der Waals surface area contributed by atoms with Crippen LogP contribution in [-0.2, 0) is 4.74 Å². The summed E-state index contributed by atoms with van der Waals surface area (Å²) >= 11 is 0. The second-order valence-electron chi connectivity index (χ2n) is 7.17. The maximum atomic E-state index is 13.0. The minimum Gasteiger partial charge on any atom is -0.490 e. The SMILES string of the molecule is COC(=O)c1ccc(OC2CCN(C(=O)Nc3nnc(-c4ccc(F)cc4)o3)CC2)cc1. The number of benzene rings is 2. The Labute approximate surface area is 183 Å². The summed E-state index contributed by atoms with van der Waals surface area (Å²) < 4.78 is 29.1. The minimum absolute atomic E-state index is 0.0293. The number of methoxy groups -OCH3 is 1. The number of aromatic nitrogens is 2. The van der Waals surface area contributed by atoms with E-state index in [2.05, 4.69) is 20.3 Å². The zero-order valence-corrected chi connectivity index (χ0v) is 17.3. The molecule has 10 heteroatoms. The lowest BCUT2D eigenvalue weighted by atomic mass is 10.1. The summed E-state index contributed by atoms with van der Waals surface area (Å²) in [6.45, 7) is 0.991. The van der Waals surface area contributed by atoms with Gasteiger partial charge < -0.3 is 18.8 Å². The van der Waals surface area contributed by atoms with Crippen LogP contribution in [0.1, 0.15) is 23.2 Å². The molecular weight excluding hydrogens is 419 g/mol. The highest BCUT2D eigenvalue weighted by atomic mass is 19.1. The summed E-state index contributed by atoms with van der Waals surface area (Å²) in [5, 5.41) is 10.3. The Morgan fingerprint density at radius 1 is 1.06 bits per heavy atom. The van der Waals surface area contributed by atoms with Crippen molar-refractivity contribution in [1.82, 2.24) is 15.1 Å². The summed E-state index contributed by atoms with van der Waals surface area (Å²) in [7, 11) is 1.33. The predicted octanol–water partition coefficient (Wildman–Crippen LogP) is 3.74. The molecule has 0 unspecified atom stereocenters. The van der Waals surface area contributed by atoms with Crippen LogP contribution >= 0.6 is 0 Å². The molecule has 32 heavy (non-hydrogen) atoms. The molecule has 3 aromatic rings. The van der Waals surface area contributed by atoms with E-state index in [0.29, 0.717) is 42.8 Å². The lowest BCUT2D eigenvalue weighted by Gasteiger charge is -2.31. The summed E-state index contributed by atoms with van der Waals surface area (Å²) in [4.78, 5) is 25.6. The van der Waals surface area contributed by atoms with Gasteiger partial charge in [0.25, 0.3) is 0 Å². The highest BCUT2D eigenvalue weighted by molar-refractivity contribution is 5.89. The van der Waals surface area contributed by atoms with Gasteiger partial charge in [-0.2, -0.15) is 0 Å². The van der Waals surface area contributed by atoms with Crippen molar-refractivity contribution >= 4 is 18.0 Å². The van der Waals surface area contributed by atoms with Crippen molar-refractivity contribution in [2.75, 3.05) is 25.5 Å². The molecule has 1 saturated heterocycles. The standard InChI is InChI=1S/C22H21FN4O5/c1-30-20(28)15-4-8-17(9-5-15)31-18-10-12-27(13-11-18)22(29)24-21-26-25-19(32-21)14-2-6-16(23)7-3-14/h2-9,18H,10-13H2,1H3,(H,24,26,29). The molecule has 9 nitrogen and oxygen atoms in total. The first-order chi connectivity index (χ1) is 15.5. The van der Waals surface area contributed by atoms with Crippen molar-refractivity contribution in [2.24, 2.45) is 0 Å². The Hall–Kier alpha value is -3.95. The maximum Gasteiger partial charge on any atom is 0.337 e. The Kier molecular flexibility index (Phi) is 6.29. The predicted molar refractivity (Wildman–Crippen MR) is 112 cm³/mol. The van der Waals surface area contributed by atoms with Crippen molar-refractivity contribution in [2.45, 2.75) is 18.9 Å². The van der Waals surface area contributed by atoms with E-state index in [1.165, 1.54) is 31.4 Å². The number of amides is 2. The first kappa shape index (κ1) is 21.3. The van der Waals surface area contributed by atoms with E-state index in [9.17, 15) is 14.0 Å². The molecule has 1 aromatic heterocycles. The van der Waals surface area contributed by atoms with Crippen LogP contribution < -0.4 is 10.1 Å². The third-order valence-electron chi connectivity index (χ3n) is 5.04. The molecule has 2 aromatic carbocycles. The molecule has 166 valence electrons. The fourth-order valence-corrected chi connectivity index (χ4v) is 3.31. The molecule has 0 radical (unpaired) electrons. The average molecular weight is 440 g/mol. The number of likely N-dealkylation sites (tertiary alicyclic amines) is 1. The second kappa shape index (κ2) is 9.46. The quantitative estimate of drug-likeness (QED) is 0.603. The number of hydrogen-bond acceptors (Lipinski definition) is 7. The summed E-state index contributed by atoms with van der Waals surface area (Å²) in [6, 6.07) is 12.0. The van der Waals surface area contributed by atoms with Crippen molar-refractivity contribution in [1.29, 1.82) is 0 Å². The molecule has 1 N–H and O–H groups in total. The molecule has 1 aliphatic rings. The molecule has 0 spiro atoms. The van der Waals surface area contributed by atoms with Crippen molar-refractivity contribution in [3.63, 3.8) is 0 Å². The van der Waals surface area contributed by atoms with Crippen LogP contribution in [0.5, 0.6) is 5.75 Å². The van der Waals surface area contributed by atoms with Crippen LogP contribution in [0.4, 0.5) is 15.2 Å². The van der Waals surface area contributed by atoms with Gasteiger partial charge in [-0.05, 0) is 48.5 Å². The van der Waals surface area contributed by atoms with Crippen LogP contribution in [0.15, 0.2) is 52.9 Å². The monoisotopic (exact) mass is 440 g/mol. The van der Waals surface area contributed by atoms with E-state index in [4.69, 9.17) is 9.15 Å². The molecule has 1 fully saturated rings. The van der Waals surface area contributed by atoms with Gasteiger partial charge in [-0.3, -0.25) is 5.32 Å². The Morgan fingerprint density at radius 3 is 2.41 bits per heavy atom. The van der Waals surface area contributed by atoms with Crippen LogP contribution in [0, 0.1) is 5.82 Å². The van der Waals surface area contributed by atoms with E-state index in [1.54, 1.807) is 29.2 Å². The number of halogens is 1. The lowest BCUT2D eigenvalue weighted by Crippen LogP contribution is -2.43. The maximum absolute atomic E-state index is 13.0. The Bertz CT molecular complexity index is 1080. The molecule has 2 heterocycles. The first-order valence-corrected chi connectivity index (χ1v) is 10.0. The van der Waals surface area contributed by atoms with Crippen molar-refractivity contribution in [3.05, 3.63) is 59.9 Å². The van der Waals surface area contributed by atoms with Gasteiger partial charge in [0.2, 0.25) is 5.89 Å². The molecule has 1 aliphatic heterocycles. The first-order valence-electron chi connectivity index (χ1n) is 10.0. The number of carbonyl (C=O) groups excluding carboxylic acids is 2. The molecule has 4 rings (SSSR count). The highest BCUT2D eigenvalue weighted by Gasteiger charge is 2.25. The number of esters is 1. The fourth-order valence-electron chi connectivity index (χ4n) is 3.31. The number of urea groups is 1. The van der Waals surface area contributed by atoms with Gasteiger partial charge in [-0.15, -0.1) is 5.10 Å². The Morgan fingerprint density at radius 2 is 1.75 bits per heavy atom. The zero-order chi connectivity index (χ0) is 22.5. The van der Waals surface area contributed by atoms with Gasteiger partial charge in [0.05, 0.1) is 12.7 Å². The van der Waals surface area contributed by atoms with Gasteiger partial charge in [0.1, 0.15) is 17.7 Å². The normalized spacial score (nSPS) is 14.1. The number of carbonyl (C=O) groups is 2. The molecule has 0 bridgehead atoms. The molecule has 2 amide bonds. The summed E-state index contributed by atoms with van der Waals surface area (Å²) in [5.41, 5.74) is 1.01. The fraction of sp³-hybridized carbons (Fsp3) is 0.273. The van der Waals surface area contributed by atoms with Crippen LogP contribution in [0.2, 0.25) is 0 Å².